The molecule has 1 amide bonds. The van der Waals surface area contributed by atoms with Crippen LogP contribution in [0.2, 0.25) is 0 Å². The number of nitro groups is 1. The summed E-state index contributed by atoms with van der Waals surface area (Å²) in [6.45, 7) is 0.122. The maximum absolute atomic E-state index is 12.4. The summed E-state index contributed by atoms with van der Waals surface area (Å²) in [5.74, 6) is -0.658. The summed E-state index contributed by atoms with van der Waals surface area (Å²) in [6.07, 6.45) is 1.55. The van der Waals surface area contributed by atoms with E-state index in [0.29, 0.717) is 14.8 Å². The van der Waals surface area contributed by atoms with Crippen molar-refractivity contribution >= 4 is 51.9 Å². The van der Waals surface area contributed by atoms with Crippen molar-refractivity contribution in [2.45, 2.75) is 6.42 Å². The predicted molar refractivity (Wildman–Crippen MR) is 96.2 cm³/mol. The number of hydrogen-bond acceptors (Lipinski definition) is 8. The van der Waals surface area contributed by atoms with Gasteiger partial charge in [0.15, 0.2) is 5.75 Å². The van der Waals surface area contributed by atoms with E-state index in [1.807, 2.05) is 0 Å². The van der Waals surface area contributed by atoms with Gasteiger partial charge in [0, 0.05) is 12.6 Å². The first-order valence-corrected chi connectivity index (χ1v) is 8.24. The summed E-state index contributed by atoms with van der Waals surface area (Å²) in [7, 11) is 2.61. The number of thioether (sulfide) groups is 1. The molecule has 25 heavy (non-hydrogen) atoms. The fraction of sp³-hybridized carbons (Fsp3) is 0.267. The van der Waals surface area contributed by atoms with Crippen LogP contribution in [-0.2, 0) is 14.3 Å². The van der Waals surface area contributed by atoms with Gasteiger partial charge in [0.05, 0.1) is 30.5 Å². The van der Waals surface area contributed by atoms with Crippen LogP contribution in [0.25, 0.3) is 6.08 Å². The van der Waals surface area contributed by atoms with Crippen LogP contribution in [0.1, 0.15) is 12.0 Å². The van der Waals surface area contributed by atoms with Crippen molar-refractivity contribution in [2.75, 3.05) is 20.8 Å². The van der Waals surface area contributed by atoms with E-state index in [9.17, 15) is 19.7 Å². The first-order chi connectivity index (χ1) is 11.9. The van der Waals surface area contributed by atoms with Crippen LogP contribution in [0.5, 0.6) is 5.75 Å². The molecule has 1 saturated heterocycles. The summed E-state index contributed by atoms with van der Waals surface area (Å²) >= 11 is 6.23. The zero-order chi connectivity index (χ0) is 18.6. The maximum atomic E-state index is 12.4. The molecule has 1 heterocycles. The van der Waals surface area contributed by atoms with Crippen LogP contribution in [0.15, 0.2) is 23.1 Å². The number of hydrogen-bond donors (Lipinski definition) is 0. The monoisotopic (exact) mass is 382 g/mol. The molecule has 1 aromatic carbocycles. The normalized spacial score (nSPS) is 15.6. The van der Waals surface area contributed by atoms with Gasteiger partial charge in [0.2, 0.25) is 0 Å². The number of nitrogens with zero attached hydrogens (tertiary/aromatic N) is 2. The summed E-state index contributed by atoms with van der Waals surface area (Å²) in [4.78, 5) is 35.8. The van der Waals surface area contributed by atoms with Crippen molar-refractivity contribution in [1.29, 1.82) is 0 Å². The third-order valence-electron chi connectivity index (χ3n) is 3.34. The van der Waals surface area contributed by atoms with Crippen molar-refractivity contribution in [3.05, 3.63) is 38.8 Å². The Kier molecular flexibility index (Phi) is 6.10. The van der Waals surface area contributed by atoms with E-state index in [1.165, 1.54) is 37.3 Å². The zero-order valence-electron chi connectivity index (χ0n) is 13.4. The number of thiocarbonyl (C=S) groups is 1. The van der Waals surface area contributed by atoms with Gasteiger partial charge in [-0.15, -0.1) is 0 Å². The molecule has 0 atom stereocenters. The lowest BCUT2D eigenvalue weighted by Crippen LogP contribution is -2.30. The van der Waals surface area contributed by atoms with Gasteiger partial charge < -0.3 is 9.47 Å². The molecule has 2 rings (SSSR count). The number of carbonyl (C=O) groups is 2. The standard InChI is InChI=1S/C15H14N2O6S2/c1-22-11-4-3-9(7-10(11)17(20)21)8-12-14(19)16(15(24)25-12)6-5-13(18)23-2/h3-4,7-8H,5-6H2,1-2H3/b12-8-. The SMILES string of the molecule is COC(=O)CCN1C(=O)/C(=C/c2ccc(OC)c([N+](=O)[O-])c2)SC1=S. The second-order valence-electron chi connectivity index (χ2n) is 4.85. The molecule has 0 spiro atoms. The van der Waals surface area contributed by atoms with Crippen LogP contribution in [0.3, 0.4) is 0 Å². The fourth-order valence-corrected chi connectivity index (χ4v) is 3.40. The molecule has 0 aliphatic carbocycles. The van der Waals surface area contributed by atoms with E-state index in [1.54, 1.807) is 6.07 Å². The highest BCUT2D eigenvalue weighted by Crippen LogP contribution is 2.34. The lowest BCUT2D eigenvalue weighted by molar-refractivity contribution is -0.385. The van der Waals surface area contributed by atoms with E-state index < -0.39 is 10.9 Å². The molecule has 1 aliphatic heterocycles. The Morgan fingerprint density at radius 1 is 1.44 bits per heavy atom. The van der Waals surface area contributed by atoms with Gasteiger partial charge in [-0.3, -0.25) is 24.6 Å². The topological polar surface area (TPSA) is 99.0 Å². The van der Waals surface area contributed by atoms with E-state index in [4.69, 9.17) is 17.0 Å². The molecule has 1 aromatic rings. The fourth-order valence-electron chi connectivity index (χ4n) is 2.09. The average molecular weight is 382 g/mol. The summed E-state index contributed by atoms with van der Waals surface area (Å²) < 4.78 is 9.81. The Hall–Kier alpha value is -2.46. The number of ether oxygens (including phenoxy) is 2. The Bertz CT molecular complexity index is 777. The number of carbonyl (C=O) groups excluding carboxylic acids is 2. The van der Waals surface area contributed by atoms with Crippen molar-refractivity contribution < 1.29 is 24.0 Å². The lowest BCUT2D eigenvalue weighted by Gasteiger charge is -2.12. The number of nitro benzene ring substituents is 1. The third kappa shape index (κ3) is 4.34. The van der Waals surface area contributed by atoms with Crippen LogP contribution < -0.4 is 4.74 Å². The van der Waals surface area contributed by atoms with E-state index in [0.717, 1.165) is 11.8 Å². The molecule has 0 N–H and O–H groups in total. The van der Waals surface area contributed by atoms with Crippen LogP contribution in [-0.4, -0.2) is 46.8 Å². The molecular weight excluding hydrogens is 368 g/mol. The molecule has 0 unspecified atom stereocenters. The highest BCUT2D eigenvalue weighted by atomic mass is 32.2. The highest BCUT2D eigenvalue weighted by molar-refractivity contribution is 8.26. The van der Waals surface area contributed by atoms with E-state index in [2.05, 4.69) is 4.74 Å². The number of benzene rings is 1. The minimum atomic E-state index is -0.558. The minimum Gasteiger partial charge on any atom is -0.490 e. The molecule has 132 valence electrons. The molecule has 1 fully saturated rings. The average Bonchev–Trinajstić information content (AvgIpc) is 2.86. The van der Waals surface area contributed by atoms with Crippen LogP contribution >= 0.6 is 24.0 Å². The first-order valence-electron chi connectivity index (χ1n) is 7.02. The van der Waals surface area contributed by atoms with Gasteiger partial charge in [0.1, 0.15) is 4.32 Å². The zero-order valence-corrected chi connectivity index (χ0v) is 15.0. The van der Waals surface area contributed by atoms with E-state index in [-0.39, 0.29) is 30.3 Å². The van der Waals surface area contributed by atoms with Gasteiger partial charge in [-0.25, -0.2) is 0 Å². The summed E-state index contributed by atoms with van der Waals surface area (Å²) in [6, 6.07) is 4.38. The van der Waals surface area contributed by atoms with Gasteiger partial charge >= 0.3 is 11.7 Å². The quantitative estimate of drug-likeness (QED) is 0.243. The number of rotatable bonds is 6. The number of methoxy groups -OCH3 is 2. The third-order valence-corrected chi connectivity index (χ3v) is 4.72. The van der Waals surface area contributed by atoms with Gasteiger partial charge in [-0.2, -0.15) is 0 Å². The van der Waals surface area contributed by atoms with Crippen molar-refractivity contribution in [3.63, 3.8) is 0 Å². The predicted octanol–water partition coefficient (Wildman–Crippen LogP) is 2.37. The van der Waals surface area contributed by atoms with Crippen LogP contribution in [0, 0.1) is 10.1 Å². The van der Waals surface area contributed by atoms with Gasteiger partial charge in [-0.1, -0.05) is 30.0 Å². The molecule has 8 nitrogen and oxygen atoms in total. The molecule has 1 aliphatic rings. The summed E-state index contributed by atoms with van der Waals surface area (Å²) in [5, 5.41) is 11.1. The maximum Gasteiger partial charge on any atom is 0.311 e. The van der Waals surface area contributed by atoms with Crippen molar-refractivity contribution in [1.82, 2.24) is 4.90 Å². The lowest BCUT2D eigenvalue weighted by atomic mass is 10.1. The molecule has 0 radical (unpaired) electrons. The Morgan fingerprint density at radius 2 is 2.16 bits per heavy atom. The minimum absolute atomic E-state index is 0.0320. The molecule has 10 heteroatoms. The van der Waals surface area contributed by atoms with Crippen molar-refractivity contribution in [2.24, 2.45) is 0 Å². The largest absolute Gasteiger partial charge is 0.490 e. The Labute approximate surface area is 152 Å². The molecule has 0 aromatic heterocycles. The first kappa shape index (κ1) is 18.9. The van der Waals surface area contributed by atoms with Crippen LogP contribution in [0.4, 0.5) is 5.69 Å². The number of amides is 1. The molecule has 0 saturated carbocycles. The Morgan fingerprint density at radius 3 is 2.76 bits per heavy atom. The highest BCUT2D eigenvalue weighted by Gasteiger charge is 2.32. The van der Waals surface area contributed by atoms with Gasteiger partial charge in [-0.05, 0) is 17.7 Å². The van der Waals surface area contributed by atoms with E-state index >= 15 is 0 Å². The smallest absolute Gasteiger partial charge is 0.311 e. The molecule has 0 bridgehead atoms. The number of esters is 1. The van der Waals surface area contributed by atoms with Gasteiger partial charge in [0.25, 0.3) is 5.91 Å². The summed E-state index contributed by atoms with van der Waals surface area (Å²) in [5.41, 5.74) is 0.276. The molecular formula is C15H14N2O6S2. The van der Waals surface area contributed by atoms with Crippen molar-refractivity contribution in [3.8, 4) is 5.75 Å². The second kappa shape index (κ2) is 8.08. The second-order valence-corrected chi connectivity index (χ2v) is 6.52. The Balaban J connectivity index is 2.23.